The first-order chi connectivity index (χ1) is 9.05. The van der Waals surface area contributed by atoms with Crippen molar-refractivity contribution in [1.29, 1.82) is 0 Å². The molecule has 0 aromatic heterocycles. The Morgan fingerprint density at radius 2 is 1.89 bits per heavy atom. The van der Waals surface area contributed by atoms with Gasteiger partial charge in [-0.1, -0.05) is 44.2 Å². The minimum absolute atomic E-state index is 0.0443. The zero-order chi connectivity index (χ0) is 13.5. The van der Waals surface area contributed by atoms with Gasteiger partial charge in [0.05, 0.1) is 5.71 Å². The molecule has 3 heteroatoms. The Labute approximate surface area is 113 Å². The van der Waals surface area contributed by atoms with Gasteiger partial charge in [-0.05, 0) is 17.4 Å². The number of Topliss-reactive ketones (excluding diaryl/α,β-unsaturated/α-hetero) is 1. The summed E-state index contributed by atoms with van der Waals surface area (Å²) in [6.45, 7) is 4.26. The average molecular weight is 254 g/mol. The van der Waals surface area contributed by atoms with E-state index in [-0.39, 0.29) is 11.2 Å². The number of benzene rings is 1. The van der Waals surface area contributed by atoms with Crippen LogP contribution in [0.25, 0.3) is 0 Å². The summed E-state index contributed by atoms with van der Waals surface area (Å²) in [5.41, 5.74) is 7.12. The molecule has 0 radical (unpaired) electrons. The number of carbonyl (C=O) groups excluding carboxylic acids is 1. The quantitative estimate of drug-likeness (QED) is 0.837. The van der Waals surface area contributed by atoms with E-state index in [0.29, 0.717) is 12.8 Å². The van der Waals surface area contributed by atoms with Crippen molar-refractivity contribution in [3.8, 4) is 0 Å². The summed E-state index contributed by atoms with van der Waals surface area (Å²) in [5.74, 6) is 0.266. The molecule has 2 aliphatic rings. The molecule has 1 aliphatic heterocycles. The highest BCUT2D eigenvalue weighted by atomic mass is 16.1. The Kier molecular flexibility index (Phi) is 2.77. The van der Waals surface area contributed by atoms with Crippen molar-refractivity contribution in [2.24, 2.45) is 10.5 Å². The maximum atomic E-state index is 12.3. The van der Waals surface area contributed by atoms with Crippen LogP contribution in [0.3, 0.4) is 0 Å². The van der Waals surface area contributed by atoms with E-state index >= 15 is 0 Å². The second-order valence-corrected chi connectivity index (χ2v) is 6.11. The Balaban J connectivity index is 1.88. The van der Waals surface area contributed by atoms with Crippen LogP contribution in [0.15, 0.2) is 46.7 Å². The Morgan fingerprint density at radius 1 is 1.16 bits per heavy atom. The summed E-state index contributed by atoms with van der Waals surface area (Å²) in [7, 11) is 0. The van der Waals surface area contributed by atoms with Gasteiger partial charge in [0, 0.05) is 24.1 Å². The number of allylic oxidation sites excluding steroid dienone is 2. The lowest BCUT2D eigenvalue weighted by Gasteiger charge is -2.33. The predicted octanol–water partition coefficient (Wildman–Crippen LogP) is 3.03. The molecule has 0 saturated heterocycles. The minimum Gasteiger partial charge on any atom is -0.294 e. The van der Waals surface area contributed by atoms with Crippen LogP contribution in [0.4, 0.5) is 0 Å². The maximum Gasteiger partial charge on any atom is 0.161 e. The smallest absolute Gasteiger partial charge is 0.161 e. The molecule has 0 atom stereocenters. The summed E-state index contributed by atoms with van der Waals surface area (Å²) >= 11 is 0. The summed E-state index contributed by atoms with van der Waals surface area (Å²) in [4.78, 5) is 12.3. The second kappa shape index (κ2) is 4.34. The zero-order valence-electron chi connectivity index (χ0n) is 11.4. The van der Waals surface area contributed by atoms with Gasteiger partial charge in [0.15, 0.2) is 5.78 Å². The molecule has 0 fully saturated rings. The molecular formula is C16H18N2O. The monoisotopic (exact) mass is 254 g/mol. The van der Waals surface area contributed by atoms with E-state index in [2.05, 4.69) is 24.4 Å². The maximum absolute atomic E-state index is 12.3. The van der Waals surface area contributed by atoms with Crippen LogP contribution < -0.4 is 5.43 Å². The lowest BCUT2D eigenvalue weighted by atomic mass is 9.74. The van der Waals surface area contributed by atoms with E-state index in [0.717, 1.165) is 29.0 Å². The van der Waals surface area contributed by atoms with Crippen molar-refractivity contribution in [2.45, 2.75) is 33.1 Å². The molecule has 0 spiro atoms. The molecule has 3 rings (SSSR count). The standard InChI is InChI=1S/C16H18N2O/c1-16(2)9-14-12(15(19)10-16)8-13(17-18-14)11-6-4-3-5-7-11/h3-7,18H,8-10H2,1-2H3. The number of hydrogen-bond acceptors (Lipinski definition) is 3. The van der Waals surface area contributed by atoms with Crippen LogP contribution in [0.2, 0.25) is 0 Å². The van der Waals surface area contributed by atoms with E-state index in [1.54, 1.807) is 0 Å². The number of hydrogen-bond donors (Lipinski definition) is 1. The Morgan fingerprint density at radius 3 is 2.63 bits per heavy atom. The zero-order valence-corrected chi connectivity index (χ0v) is 11.4. The molecule has 0 bridgehead atoms. The van der Waals surface area contributed by atoms with Gasteiger partial charge in [0.2, 0.25) is 0 Å². The molecule has 0 amide bonds. The Hall–Kier alpha value is -1.90. The SMILES string of the molecule is CC1(C)CC(=O)C2=C(C1)NN=C(c1ccccc1)C2. The molecule has 98 valence electrons. The highest BCUT2D eigenvalue weighted by Gasteiger charge is 2.34. The summed E-state index contributed by atoms with van der Waals surface area (Å²) in [6.07, 6.45) is 2.19. The van der Waals surface area contributed by atoms with Crippen molar-refractivity contribution in [3.05, 3.63) is 47.2 Å². The molecule has 1 aromatic carbocycles. The van der Waals surface area contributed by atoms with Gasteiger partial charge in [0.25, 0.3) is 0 Å². The molecule has 0 unspecified atom stereocenters. The third-order valence-electron chi connectivity index (χ3n) is 3.77. The number of nitrogens with zero attached hydrogens (tertiary/aromatic N) is 1. The molecule has 3 nitrogen and oxygen atoms in total. The van der Waals surface area contributed by atoms with Crippen LogP contribution in [-0.2, 0) is 4.79 Å². The van der Waals surface area contributed by atoms with Crippen LogP contribution in [0.5, 0.6) is 0 Å². The summed E-state index contributed by atoms with van der Waals surface area (Å²) < 4.78 is 0. The summed E-state index contributed by atoms with van der Waals surface area (Å²) in [6, 6.07) is 10.0. The van der Waals surface area contributed by atoms with E-state index in [1.807, 2.05) is 30.3 Å². The van der Waals surface area contributed by atoms with E-state index < -0.39 is 0 Å². The fourth-order valence-corrected chi connectivity index (χ4v) is 2.81. The average Bonchev–Trinajstić information content (AvgIpc) is 2.38. The van der Waals surface area contributed by atoms with E-state index in [9.17, 15) is 4.79 Å². The van der Waals surface area contributed by atoms with Crippen molar-refractivity contribution in [1.82, 2.24) is 5.43 Å². The van der Waals surface area contributed by atoms with Gasteiger partial charge < -0.3 is 0 Å². The van der Waals surface area contributed by atoms with E-state index in [1.165, 1.54) is 0 Å². The van der Waals surface area contributed by atoms with Crippen molar-refractivity contribution in [2.75, 3.05) is 0 Å². The third-order valence-corrected chi connectivity index (χ3v) is 3.77. The normalized spacial score (nSPS) is 21.6. The first kappa shape index (κ1) is 12.2. The second-order valence-electron chi connectivity index (χ2n) is 6.11. The lowest BCUT2D eigenvalue weighted by molar-refractivity contribution is -0.118. The molecule has 19 heavy (non-hydrogen) atoms. The van der Waals surface area contributed by atoms with E-state index in [4.69, 9.17) is 0 Å². The first-order valence-electron chi connectivity index (χ1n) is 6.68. The van der Waals surface area contributed by atoms with Crippen molar-refractivity contribution >= 4 is 11.5 Å². The van der Waals surface area contributed by atoms with Gasteiger partial charge in [-0.15, -0.1) is 0 Å². The van der Waals surface area contributed by atoms with Crippen LogP contribution in [0, 0.1) is 5.41 Å². The predicted molar refractivity (Wildman–Crippen MR) is 75.8 cm³/mol. The van der Waals surface area contributed by atoms with Crippen molar-refractivity contribution in [3.63, 3.8) is 0 Å². The molecule has 1 aliphatic carbocycles. The van der Waals surface area contributed by atoms with Gasteiger partial charge in [-0.3, -0.25) is 10.2 Å². The molecular weight excluding hydrogens is 236 g/mol. The third kappa shape index (κ3) is 2.33. The molecule has 0 saturated carbocycles. The highest BCUT2D eigenvalue weighted by molar-refractivity contribution is 6.09. The number of nitrogens with one attached hydrogen (secondary N) is 1. The van der Waals surface area contributed by atoms with Crippen LogP contribution in [0.1, 0.15) is 38.7 Å². The first-order valence-corrected chi connectivity index (χ1v) is 6.68. The van der Waals surface area contributed by atoms with Gasteiger partial charge in [0.1, 0.15) is 0 Å². The van der Waals surface area contributed by atoms with Gasteiger partial charge >= 0.3 is 0 Å². The Bertz CT molecular complexity index is 582. The topological polar surface area (TPSA) is 41.5 Å². The minimum atomic E-state index is 0.0443. The van der Waals surface area contributed by atoms with Crippen LogP contribution in [-0.4, -0.2) is 11.5 Å². The van der Waals surface area contributed by atoms with Gasteiger partial charge in [-0.25, -0.2) is 0 Å². The fraction of sp³-hybridized carbons (Fsp3) is 0.375. The van der Waals surface area contributed by atoms with Crippen molar-refractivity contribution < 1.29 is 4.79 Å². The van der Waals surface area contributed by atoms with Crippen LogP contribution >= 0.6 is 0 Å². The summed E-state index contributed by atoms with van der Waals surface area (Å²) in [5, 5.41) is 4.44. The highest BCUT2D eigenvalue weighted by Crippen LogP contribution is 2.38. The molecule has 1 aromatic rings. The number of carbonyl (C=O) groups is 1. The molecule has 1 heterocycles. The largest absolute Gasteiger partial charge is 0.294 e. The number of hydrazone groups is 1. The number of rotatable bonds is 1. The fourth-order valence-electron chi connectivity index (χ4n) is 2.81. The lowest BCUT2D eigenvalue weighted by Crippen LogP contribution is -2.33. The van der Waals surface area contributed by atoms with Gasteiger partial charge in [-0.2, -0.15) is 5.10 Å². The number of ketones is 1. The molecule has 1 N–H and O–H groups in total.